The van der Waals surface area contributed by atoms with E-state index < -0.39 is 30.6 Å². The highest BCUT2D eigenvalue weighted by atomic mass is 19.4. The average molecular weight is 506 g/mol. The van der Waals surface area contributed by atoms with Gasteiger partial charge in [-0.3, -0.25) is 4.79 Å². The lowest BCUT2D eigenvalue weighted by Crippen LogP contribution is -2.39. The molecule has 2 heterocycles. The predicted octanol–water partition coefficient (Wildman–Crippen LogP) is 3.09. The number of alkyl halides is 3. The molecule has 1 aliphatic carbocycles. The van der Waals surface area contributed by atoms with Gasteiger partial charge in [-0.1, -0.05) is 0 Å². The van der Waals surface area contributed by atoms with Crippen LogP contribution in [0.4, 0.5) is 22.4 Å². The van der Waals surface area contributed by atoms with Crippen molar-refractivity contribution in [1.29, 1.82) is 0 Å². The first-order valence-corrected chi connectivity index (χ1v) is 11.0. The Morgan fingerprint density at radius 2 is 1.69 bits per heavy atom. The molecule has 3 aliphatic rings. The van der Waals surface area contributed by atoms with Crippen LogP contribution >= 0.6 is 0 Å². The molecule has 196 valence electrons. The minimum atomic E-state index is -4.93. The Hall–Kier alpha value is -3.22. The molecule has 0 saturated carbocycles. The van der Waals surface area contributed by atoms with E-state index in [1.807, 2.05) is 4.90 Å². The first kappa shape index (κ1) is 26.4. The summed E-state index contributed by atoms with van der Waals surface area (Å²) in [7, 11) is 0. The maximum atomic E-state index is 14.1. The van der Waals surface area contributed by atoms with Crippen molar-refractivity contribution in [2.45, 2.75) is 32.2 Å². The van der Waals surface area contributed by atoms with Gasteiger partial charge in [-0.15, -0.1) is 13.2 Å². The molecule has 9 nitrogen and oxygen atoms in total. The number of hydrogen-bond donors (Lipinski definition) is 3. The molecular formula is C22H31F4N5O4. The molecule has 13 heteroatoms. The Bertz CT molecular complexity index is 995. The highest BCUT2D eigenvalue weighted by Crippen LogP contribution is 2.34. The monoisotopic (exact) mass is 505 g/mol. The smallest absolute Gasteiger partial charge is 0.444 e. The van der Waals surface area contributed by atoms with Crippen molar-refractivity contribution in [3.8, 4) is 5.75 Å². The molecule has 4 rings (SSSR count). The van der Waals surface area contributed by atoms with Gasteiger partial charge in [0.15, 0.2) is 0 Å². The number of hydrogen-bond acceptors (Lipinski definition) is 7. The maximum absolute atomic E-state index is 14.1. The molecule has 0 bridgehead atoms. The molecule has 1 aromatic rings. The number of nitrogens with zero attached hydrogens (tertiary/aromatic N) is 2. The van der Waals surface area contributed by atoms with Crippen LogP contribution in [0.15, 0.2) is 29.6 Å². The molecular weight excluding hydrogens is 474 g/mol. The van der Waals surface area contributed by atoms with Crippen molar-refractivity contribution >= 4 is 12.0 Å². The summed E-state index contributed by atoms with van der Waals surface area (Å²) in [4.78, 5) is 28.7. The third-order valence-electron chi connectivity index (χ3n) is 6.66. The van der Waals surface area contributed by atoms with Crippen LogP contribution in [0.2, 0.25) is 0 Å². The molecule has 1 aromatic carbocycles. The van der Waals surface area contributed by atoms with Crippen LogP contribution in [0.25, 0.3) is 0 Å². The minimum Gasteiger partial charge on any atom is -0.444 e. The van der Waals surface area contributed by atoms with E-state index in [1.165, 1.54) is 4.90 Å². The van der Waals surface area contributed by atoms with E-state index in [1.54, 1.807) is 0 Å². The summed E-state index contributed by atoms with van der Waals surface area (Å²) in [5.74, 6) is -1.53. The number of halogens is 4. The molecule has 0 aromatic heterocycles. The predicted molar refractivity (Wildman–Crippen MR) is 118 cm³/mol. The van der Waals surface area contributed by atoms with Crippen molar-refractivity contribution in [2.24, 2.45) is 29.2 Å². The molecule has 3 atom stereocenters. The third kappa shape index (κ3) is 6.08. The fourth-order valence-corrected chi connectivity index (χ4v) is 4.85. The van der Waals surface area contributed by atoms with E-state index in [4.69, 9.17) is 16.2 Å². The molecule has 7 N–H and O–H groups in total. The van der Waals surface area contributed by atoms with Crippen LogP contribution in [0.3, 0.4) is 0 Å². The minimum absolute atomic E-state index is 0. The number of carbonyl (C=O) groups is 2. The topological polar surface area (TPSA) is 146 Å². The number of likely N-dealkylation sites (tertiary alicyclic amines) is 2. The SMILES string of the molecule is N.NC1=C(N)C[C@H](C(=O)N2C[C@H]3CN(C(=O)OCc4ccc(OC(F)(F)F)cc4F)C[C@@H]3C2)CC1.[HH]. The lowest BCUT2D eigenvalue weighted by atomic mass is 9.89. The van der Waals surface area contributed by atoms with Gasteiger partial charge < -0.3 is 36.9 Å². The molecule has 2 saturated heterocycles. The fraction of sp³-hybridized carbons (Fsp3) is 0.545. The van der Waals surface area contributed by atoms with Crippen molar-refractivity contribution in [3.05, 3.63) is 41.0 Å². The van der Waals surface area contributed by atoms with Crippen molar-refractivity contribution in [1.82, 2.24) is 16.0 Å². The maximum Gasteiger partial charge on any atom is 0.573 e. The Morgan fingerprint density at radius 1 is 1.06 bits per heavy atom. The second-order valence-corrected chi connectivity index (χ2v) is 9.01. The zero-order chi connectivity index (χ0) is 24.6. The number of nitrogens with two attached hydrogens (primary N) is 2. The second-order valence-electron chi connectivity index (χ2n) is 9.01. The number of ether oxygens (including phenoxy) is 2. The summed E-state index contributed by atoms with van der Waals surface area (Å²) in [6.07, 6.45) is -3.81. The quantitative estimate of drug-likeness (QED) is 0.533. The van der Waals surface area contributed by atoms with Crippen LogP contribution in [0.5, 0.6) is 5.75 Å². The summed E-state index contributed by atoms with van der Waals surface area (Å²) in [6, 6.07) is 2.62. The first-order valence-electron chi connectivity index (χ1n) is 11.0. The Kier molecular flexibility index (Phi) is 7.68. The molecule has 0 spiro atoms. The van der Waals surface area contributed by atoms with Crippen molar-refractivity contribution in [2.75, 3.05) is 26.2 Å². The van der Waals surface area contributed by atoms with E-state index >= 15 is 0 Å². The fourth-order valence-electron chi connectivity index (χ4n) is 4.85. The van der Waals surface area contributed by atoms with Crippen LogP contribution < -0.4 is 22.4 Å². The highest BCUT2D eigenvalue weighted by molar-refractivity contribution is 5.80. The Morgan fingerprint density at radius 3 is 2.26 bits per heavy atom. The van der Waals surface area contributed by atoms with E-state index in [0.29, 0.717) is 62.9 Å². The molecule has 35 heavy (non-hydrogen) atoms. The van der Waals surface area contributed by atoms with E-state index in [-0.39, 0.29) is 36.8 Å². The van der Waals surface area contributed by atoms with Gasteiger partial charge in [0.05, 0.1) is 0 Å². The molecule has 2 amide bonds. The van der Waals surface area contributed by atoms with Gasteiger partial charge in [0.2, 0.25) is 5.91 Å². The number of carbonyl (C=O) groups excluding carboxylic acids is 2. The van der Waals surface area contributed by atoms with Crippen LogP contribution in [-0.4, -0.2) is 54.3 Å². The number of benzene rings is 1. The number of amides is 2. The van der Waals surface area contributed by atoms with E-state index in [9.17, 15) is 27.2 Å². The number of allylic oxidation sites excluding steroid dienone is 2. The molecule has 2 aliphatic heterocycles. The number of fused-ring (bicyclic) bond motifs is 1. The standard InChI is InChI=1S/C22H26F4N4O4.H3N.H2/c23-17-6-16(34-22(24,25)26)3-1-13(17)11-33-21(32)30-9-14-7-29(8-15(14)10-30)20(31)12-2-4-18(27)19(28)5-12;;/h1,3,6,12,14-15H,2,4-5,7-11,27-28H2;1H3;1H/t12-,14+,15+;;/m1../s1. The van der Waals surface area contributed by atoms with Crippen LogP contribution in [0.1, 0.15) is 26.3 Å². The van der Waals surface area contributed by atoms with Gasteiger partial charge in [-0.25, -0.2) is 9.18 Å². The summed E-state index contributed by atoms with van der Waals surface area (Å²) >= 11 is 0. The zero-order valence-electron chi connectivity index (χ0n) is 19.0. The molecule has 0 radical (unpaired) electrons. The summed E-state index contributed by atoms with van der Waals surface area (Å²) in [5.41, 5.74) is 12.9. The summed E-state index contributed by atoms with van der Waals surface area (Å²) in [5, 5.41) is 0. The van der Waals surface area contributed by atoms with E-state index in [2.05, 4.69) is 4.74 Å². The van der Waals surface area contributed by atoms with Crippen LogP contribution in [0, 0.1) is 23.6 Å². The lowest BCUT2D eigenvalue weighted by Gasteiger charge is -2.28. The zero-order valence-corrected chi connectivity index (χ0v) is 19.0. The van der Waals surface area contributed by atoms with Gasteiger partial charge in [0.1, 0.15) is 18.2 Å². The molecule has 2 fully saturated rings. The second kappa shape index (κ2) is 10.2. The van der Waals surface area contributed by atoms with Gasteiger partial charge in [-0.2, -0.15) is 0 Å². The van der Waals surface area contributed by atoms with Crippen molar-refractivity contribution in [3.63, 3.8) is 0 Å². The molecule has 0 unspecified atom stereocenters. The number of rotatable bonds is 4. The highest BCUT2D eigenvalue weighted by Gasteiger charge is 2.44. The van der Waals surface area contributed by atoms with Crippen LogP contribution in [-0.2, 0) is 16.1 Å². The average Bonchev–Trinajstić information content (AvgIpc) is 3.33. The normalized spacial score (nSPS) is 24.2. The van der Waals surface area contributed by atoms with Crippen molar-refractivity contribution < 1.29 is 38.1 Å². The summed E-state index contributed by atoms with van der Waals surface area (Å²) < 4.78 is 59.6. The van der Waals surface area contributed by atoms with Gasteiger partial charge >= 0.3 is 12.5 Å². The summed E-state index contributed by atoms with van der Waals surface area (Å²) in [6.45, 7) is 1.48. The lowest BCUT2D eigenvalue weighted by molar-refractivity contribution is -0.274. The van der Waals surface area contributed by atoms with E-state index in [0.717, 1.165) is 12.1 Å². The Balaban J connectivity index is 0.00000228. The Labute approximate surface area is 201 Å². The van der Waals surface area contributed by atoms with Gasteiger partial charge in [-0.05, 0) is 25.0 Å². The van der Waals surface area contributed by atoms with Gasteiger partial charge in [0.25, 0.3) is 0 Å². The third-order valence-corrected chi connectivity index (χ3v) is 6.66. The van der Waals surface area contributed by atoms with Gasteiger partial charge in [0, 0.05) is 74.8 Å². The largest absolute Gasteiger partial charge is 0.573 e. The first-order chi connectivity index (χ1) is 16.0.